The second-order valence-corrected chi connectivity index (χ2v) is 5.55. The van der Waals surface area contributed by atoms with Crippen LogP contribution >= 0.6 is 0 Å². The average Bonchev–Trinajstić information content (AvgIpc) is 2.61. The van der Waals surface area contributed by atoms with E-state index in [1.165, 1.54) is 0 Å². The van der Waals surface area contributed by atoms with Crippen molar-refractivity contribution in [3.8, 4) is 0 Å². The van der Waals surface area contributed by atoms with Crippen LogP contribution in [0.15, 0.2) is 65.7 Å². The molecule has 2 aromatic rings. The molecule has 0 saturated heterocycles. The van der Waals surface area contributed by atoms with Gasteiger partial charge in [0.25, 0.3) is 5.91 Å². The summed E-state index contributed by atoms with van der Waals surface area (Å²) in [6, 6.07) is 17.6. The van der Waals surface area contributed by atoms with Crippen LogP contribution in [0, 0.1) is 0 Å². The zero-order valence-electron chi connectivity index (χ0n) is 14.1. The summed E-state index contributed by atoms with van der Waals surface area (Å²) in [4.78, 5) is 16.4. The van der Waals surface area contributed by atoms with Gasteiger partial charge in [-0.05, 0) is 48.3 Å². The molecule has 0 bridgehead atoms. The third-order valence-electron chi connectivity index (χ3n) is 3.73. The van der Waals surface area contributed by atoms with E-state index in [9.17, 15) is 4.79 Å². The molecule has 0 aromatic heterocycles. The molecule has 0 atom stereocenters. The molecule has 2 rings (SSSR count). The van der Waals surface area contributed by atoms with Gasteiger partial charge in [-0.1, -0.05) is 42.5 Å². The molecule has 1 amide bonds. The highest BCUT2D eigenvalue weighted by Gasteiger charge is 2.08. The molecule has 24 heavy (non-hydrogen) atoms. The summed E-state index contributed by atoms with van der Waals surface area (Å²) in [7, 11) is 1.63. The van der Waals surface area contributed by atoms with Crippen LogP contribution in [0.2, 0.25) is 0 Å². The van der Waals surface area contributed by atoms with Gasteiger partial charge >= 0.3 is 0 Å². The zero-order chi connectivity index (χ0) is 17.4. The van der Waals surface area contributed by atoms with E-state index in [0.29, 0.717) is 12.3 Å². The summed E-state index contributed by atoms with van der Waals surface area (Å²) in [6.07, 6.45) is 2.57. The Kier molecular flexibility index (Phi) is 6.32. The van der Waals surface area contributed by atoms with Crippen molar-refractivity contribution in [1.29, 1.82) is 0 Å². The van der Waals surface area contributed by atoms with Crippen molar-refractivity contribution in [3.63, 3.8) is 0 Å². The standard InChI is InChI=1S/C20H23N3O/c1-15(17-6-4-3-5-7-17)14-19(22-2)20(24)23-13-12-16-8-10-18(21)11-9-16/h3-11,14H,12-13,21H2,1-2H3,(H,23,24)/b15-14+,22-19?. The van der Waals surface area contributed by atoms with Gasteiger partial charge in [0.1, 0.15) is 5.71 Å². The number of aliphatic imine (C=N–C) groups is 1. The number of rotatable bonds is 6. The zero-order valence-corrected chi connectivity index (χ0v) is 14.1. The minimum atomic E-state index is -0.164. The minimum absolute atomic E-state index is 0.164. The van der Waals surface area contributed by atoms with Crippen LogP contribution in [-0.2, 0) is 11.2 Å². The summed E-state index contributed by atoms with van der Waals surface area (Å²) in [5.74, 6) is -0.164. The Morgan fingerprint density at radius 3 is 2.42 bits per heavy atom. The number of nitrogen functional groups attached to an aromatic ring is 1. The monoisotopic (exact) mass is 321 g/mol. The molecular formula is C20H23N3O. The van der Waals surface area contributed by atoms with Gasteiger partial charge in [-0.3, -0.25) is 9.79 Å². The van der Waals surface area contributed by atoms with Crippen LogP contribution < -0.4 is 11.1 Å². The Morgan fingerprint density at radius 1 is 1.12 bits per heavy atom. The van der Waals surface area contributed by atoms with Gasteiger partial charge in [0, 0.05) is 19.3 Å². The molecule has 124 valence electrons. The van der Waals surface area contributed by atoms with Gasteiger partial charge in [-0.25, -0.2) is 0 Å². The highest BCUT2D eigenvalue weighted by atomic mass is 16.1. The van der Waals surface area contributed by atoms with E-state index in [2.05, 4.69) is 10.3 Å². The van der Waals surface area contributed by atoms with Gasteiger partial charge in [-0.15, -0.1) is 0 Å². The van der Waals surface area contributed by atoms with E-state index in [0.717, 1.165) is 28.8 Å². The van der Waals surface area contributed by atoms with Crippen molar-refractivity contribution in [3.05, 3.63) is 71.8 Å². The predicted octanol–water partition coefficient (Wildman–Crippen LogP) is 3.10. The van der Waals surface area contributed by atoms with E-state index < -0.39 is 0 Å². The molecule has 0 aliphatic heterocycles. The lowest BCUT2D eigenvalue weighted by molar-refractivity contribution is -0.114. The van der Waals surface area contributed by atoms with E-state index in [4.69, 9.17) is 5.73 Å². The smallest absolute Gasteiger partial charge is 0.269 e. The number of carbonyl (C=O) groups is 1. The van der Waals surface area contributed by atoms with Gasteiger partial charge in [-0.2, -0.15) is 0 Å². The number of carbonyl (C=O) groups excluding carboxylic acids is 1. The first-order valence-electron chi connectivity index (χ1n) is 7.93. The average molecular weight is 321 g/mol. The molecule has 0 aliphatic rings. The third kappa shape index (κ3) is 5.09. The molecule has 0 saturated carbocycles. The lowest BCUT2D eigenvalue weighted by Gasteiger charge is -2.07. The molecular weight excluding hydrogens is 298 g/mol. The molecule has 0 aliphatic carbocycles. The van der Waals surface area contributed by atoms with Crippen LogP contribution in [0.3, 0.4) is 0 Å². The minimum Gasteiger partial charge on any atom is -0.399 e. The molecule has 0 fully saturated rings. The molecule has 0 spiro atoms. The van der Waals surface area contributed by atoms with Gasteiger partial charge in [0.05, 0.1) is 0 Å². The van der Waals surface area contributed by atoms with Gasteiger partial charge in [0.2, 0.25) is 0 Å². The SMILES string of the molecule is CN=C(/C=C(\C)c1ccccc1)C(=O)NCCc1ccc(N)cc1. The number of amides is 1. The Labute approximate surface area is 143 Å². The largest absolute Gasteiger partial charge is 0.399 e. The number of anilines is 1. The normalized spacial score (nSPS) is 12.1. The Hall–Kier alpha value is -2.88. The summed E-state index contributed by atoms with van der Waals surface area (Å²) >= 11 is 0. The molecule has 0 unspecified atom stereocenters. The van der Waals surface area contributed by atoms with E-state index in [-0.39, 0.29) is 5.91 Å². The Morgan fingerprint density at radius 2 is 1.79 bits per heavy atom. The van der Waals surface area contributed by atoms with Gasteiger partial charge in [0.15, 0.2) is 0 Å². The maximum absolute atomic E-state index is 12.3. The molecule has 0 heterocycles. The molecule has 3 N–H and O–H groups in total. The quantitative estimate of drug-likeness (QED) is 0.634. The van der Waals surface area contributed by atoms with Crippen LogP contribution in [0.25, 0.3) is 5.57 Å². The Balaban J connectivity index is 1.93. The van der Waals surface area contributed by atoms with E-state index >= 15 is 0 Å². The van der Waals surface area contributed by atoms with Crippen LogP contribution in [0.5, 0.6) is 0 Å². The van der Waals surface area contributed by atoms with Crippen molar-refractivity contribution in [1.82, 2.24) is 5.32 Å². The second-order valence-electron chi connectivity index (χ2n) is 5.55. The third-order valence-corrected chi connectivity index (χ3v) is 3.73. The van der Waals surface area contributed by atoms with Crippen LogP contribution in [0.1, 0.15) is 18.1 Å². The number of nitrogens with zero attached hydrogens (tertiary/aromatic N) is 1. The number of hydrogen-bond acceptors (Lipinski definition) is 3. The highest BCUT2D eigenvalue weighted by molar-refractivity contribution is 6.44. The lowest BCUT2D eigenvalue weighted by Crippen LogP contribution is -2.31. The number of allylic oxidation sites excluding steroid dienone is 1. The first kappa shape index (κ1) is 17.5. The summed E-state index contributed by atoms with van der Waals surface area (Å²) in [5, 5.41) is 2.91. The van der Waals surface area contributed by atoms with Crippen molar-refractivity contribution < 1.29 is 4.79 Å². The number of hydrogen-bond donors (Lipinski definition) is 2. The summed E-state index contributed by atoms with van der Waals surface area (Å²) in [6.45, 7) is 2.53. The maximum atomic E-state index is 12.3. The predicted molar refractivity (Wildman–Crippen MR) is 101 cm³/mol. The summed E-state index contributed by atoms with van der Waals surface area (Å²) in [5.41, 5.74) is 10.0. The topological polar surface area (TPSA) is 67.5 Å². The maximum Gasteiger partial charge on any atom is 0.269 e. The van der Waals surface area contributed by atoms with E-state index in [1.54, 1.807) is 7.05 Å². The fraction of sp³-hybridized carbons (Fsp3) is 0.200. The van der Waals surface area contributed by atoms with Crippen molar-refractivity contribution in [2.24, 2.45) is 4.99 Å². The van der Waals surface area contributed by atoms with E-state index in [1.807, 2.05) is 67.6 Å². The fourth-order valence-electron chi connectivity index (χ4n) is 2.32. The Bertz CT molecular complexity index is 731. The van der Waals surface area contributed by atoms with Crippen molar-refractivity contribution in [2.75, 3.05) is 19.3 Å². The van der Waals surface area contributed by atoms with Gasteiger partial charge < -0.3 is 11.1 Å². The van der Waals surface area contributed by atoms with Crippen LogP contribution in [-0.4, -0.2) is 25.2 Å². The van der Waals surface area contributed by atoms with Crippen LogP contribution in [0.4, 0.5) is 5.69 Å². The highest BCUT2D eigenvalue weighted by Crippen LogP contribution is 2.12. The molecule has 0 radical (unpaired) electrons. The fourth-order valence-corrected chi connectivity index (χ4v) is 2.32. The van der Waals surface area contributed by atoms with Crippen molar-refractivity contribution in [2.45, 2.75) is 13.3 Å². The molecule has 4 nitrogen and oxygen atoms in total. The number of nitrogens with two attached hydrogens (primary N) is 1. The first-order chi connectivity index (χ1) is 11.6. The summed E-state index contributed by atoms with van der Waals surface area (Å²) < 4.78 is 0. The number of benzene rings is 2. The lowest BCUT2D eigenvalue weighted by atomic mass is 10.1. The van der Waals surface area contributed by atoms with Crippen molar-refractivity contribution >= 4 is 22.9 Å². The first-order valence-corrected chi connectivity index (χ1v) is 7.93. The second kappa shape index (κ2) is 8.67. The molecule has 4 heteroatoms. The number of nitrogens with one attached hydrogen (secondary N) is 1. The molecule has 2 aromatic carbocycles.